The minimum Gasteiger partial charge on any atom is -0.279 e. The van der Waals surface area contributed by atoms with Crippen molar-refractivity contribution in [3.63, 3.8) is 0 Å². The highest BCUT2D eigenvalue weighted by Crippen LogP contribution is 2.24. The van der Waals surface area contributed by atoms with Gasteiger partial charge < -0.3 is 0 Å². The number of rotatable bonds is 1. The molecule has 0 saturated heterocycles. The molecule has 0 N–H and O–H groups in total. The van der Waals surface area contributed by atoms with Crippen molar-refractivity contribution in [2.45, 2.75) is 6.92 Å². The zero-order valence-corrected chi connectivity index (χ0v) is 8.54. The summed E-state index contributed by atoms with van der Waals surface area (Å²) >= 11 is 1.19. The van der Waals surface area contributed by atoms with Gasteiger partial charge >= 0.3 is 0 Å². The van der Waals surface area contributed by atoms with E-state index in [-0.39, 0.29) is 5.12 Å². The second-order valence-electron chi connectivity index (χ2n) is 2.96. The van der Waals surface area contributed by atoms with Crippen LogP contribution >= 0.6 is 11.8 Å². The molecule has 2 nitrogen and oxygen atoms in total. The van der Waals surface area contributed by atoms with Crippen molar-refractivity contribution in [3.05, 3.63) is 41.6 Å². The molecule has 1 aromatic rings. The van der Waals surface area contributed by atoms with Crippen molar-refractivity contribution < 1.29 is 4.79 Å². The summed E-state index contributed by atoms with van der Waals surface area (Å²) in [5, 5.41) is 0.850. The number of aliphatic imine (C=N–C) groups is 1. The summed E-state index contributed by atoms with van der Waals surface area (Å²) in [6.45, 7) is 1.84. The molecule has 3 heteroatoms. The van der Waals surface area contributed by atoms with Crippen LogP contribution in [0.25, 0.3) is 6.08 Å². The van der Waals surface area contributed by atoms with Gasteiger partial charge in [0.05, 0.1) is 5.04 Å². The number of hydrogen-bond donors (Lipinski definition) is 0. The standard InChI is InChI=1S/C11H9NOS/c1-8-12-10(11(13)14-8)7-9-5-3-2-4-6-9/h2-7H,1H3/b10-7+. The molecule has 0 atom stereocenters. The average Bonchev–Trinajstić information content (AvgIpc) is 2.47. The molecule has 14 heavy (non-hydrogen) atoms. The van der Waals surface area contributed by atoms with E-state index in [2.05, 4.69) is 4.99 Å². The summed E-state index contributed by atoms with van der Waals surface area (Å²) in [7, 11) is 0. The van der Waals surface area contributed by atoms with Crippen LogP contribution in [-0.4, -0.2) is 10.2 Å². The molecule has 0 bridgehead atoms. The molecule has 0 fully saturated rings. The first kappa shape index (κ1) is 9.21. The molecule has 1 aliphatic rings. The maximum Gasteiger partial charge on any atom is 0.243 e. The smallest absolute Gasteiger partial charge is 0.243 e. The van der Waals surface area contributed by atoms with Crippen molar-refractivity contribution in [1.82, 2.24) is 0 Å². The molecule has 0 radical (unpaired) electrons. The predicted molar refractivity (Wildman–Crippen MR) is 60.1 cm³/mol. The SMILES string of the molecule is CC1=N/C(=C/c2ccccc2)C(=O)S1. The summed E-state index contributed by atoms with van der Waals surface area (Å²) in [5.41, 5.74) is 1.55. The lowest BCUT2D eigenvalue weighted by atomic mass is 10.2. The van der Waals surface area contributed by atoms with Crippen LogP contribution in [0.5, 0.6) is 0 Å². The average molecular weight is 203 g/mol. The number of hydrogen-bond acceptors (Lipinski definition) is 3. The van der Waals surface area contributed by atoms with E-state index in [9.17, 15) is 4.79 Å². The Labute approximate surface area is 86.7 Å². The van der Waals surface area contributed by atoms with Crippen LogP contribution < -0.4 is 0 Å². The van der Waals surface area contributed by atoms with Crippen LogP contribution in [0.3, 0.4) is 0 Å². The molecular weight excluding hydrogens is 194 g/mol. The lowest BCUT2D eigenvalue weighted by molar-refractivity contribution is -0.107. The van der Waals surface area contributed by atoms with Crippen LogP contribution in [0.4, 0.5) is 0 Å². The molecule has 70 valence electrons. The topological polar surface area (TPSA) is 29.4 Å². The summed E-state index contributed by atoms with van der Waals surface area (Å²) < 4.78 is 0. The molecule has 0 aromatic heterocycles. The van der Waals surface area contributed by atoms with Crippen molar-refractivity contribution in [1.29, 1.82) is 0 Å². The Balaban J connectivity index is 2.32. The first-order valence-corrected chi connectivity index (χ1v) is 5.11. The van der Waals surface area contributed by atoms with Gasteiger partial charge in [-0.2, -0.15) is 0 Å². The van der Waals surface area contributed by atoms with Gasteiger partial charge in [-0.15, -0.1) is 0 Å². The Morgan fingerprint density at radius 3 is 2.57 bits per heavy atom. The van der Waals surface area contributed by atoms with Gasteiger partial charge in [0.15, 0.2) is 0 Å². The summed E-state index contributed by atoms with van der Waals surface area (Å²) in [5.74, 6) is 0. The molecule has 0 unspecified atom stereocenters. The molecule has 1 aromatic carbocycles. The van der Waals surface area contributed by atoms with Crippen LogP contribution in [0.2, 0.25) is 0 Å². The van der Waals surface area contributed by atoms with Crippen LogP contribution in [0.1, 0.15) is 12.5 Å². The molecule has 0 saturated carbocycles. The van der Waals surface area contributed by atoms with E-state index in [1.165, 1.54) is 11.8 Å². The monoisotopic (exact) mass is 203 g/mol. The first-order chi connectivity index (χ1) is 6.75. The van der Waals surface area contributed by atoms with Crippen molar-refractivity contribution in [3.8, 4) is 0 Å². The Morgan fingerprint density at radius 1 is 1.29 bits per heavy atom. The highest BCUT2D eigenvalue weighted by Gasteiger charge is 2.18. The van der Waals surface area contributed by atoms with Gasteiger partial charge in [-0.3, -0.25) is 4.79 Å². The third kappa shape index (κ3) is 1.93. The fraction of sp³-hybridized carbons (Fsp3) is 0.0909. The largest absolute Gasteiger partial charge is 0.279 e. The number of benzene rings is 1. The maximum absolute atomic E-state index is 11.4. The zero-order chi connectivity index (χ0) is 9.97. The van der Waals surface area contributed by atoms with E-state index in [1.54, 1.807) is 0 Å². The highest BCUT2D eigenvalue weighted by atomic mass is 32.2. The van der Waals surface area contributed by atoms with Gasteiger partial charge in [0.25, 0.3) is 0 Å². The van der Waals surface area contributed by atoms with E-state index in [1.807, 2.05) is 43.3 Å². The van der Waals surface area contributed by atoms with Gasteiger partial charge in [0, 0.05) is 0 Å². The second-order valence-corrected chi connectivity index (χ2v) is 4.13. The minimum absolute atomic E-state index is 0.0337. The zero-order valence-electron chi connectivity index (χ0n) is 7.73. The third-order valence-corrected chi connectivity index (χ3v) is 2.61. The normalized spacial score (nSPS) is 18.8. The van der Waals surface area contributed by atoms with Crippen molar-refractivity contribution in [2.75, 3.05) is 0 Å². The molecule has 1 aliphatic heterocycles. The lowest BCUT2D eigenvalue weighted by Gasteiger charge is -1.92. The van der Waals surface area contributed by atoms with E-state index in [4.69, 9.17) is 0 Å². The molecule has 2 rings (SSSR count). The van der Waals surface area contributed by atoms with E-state index < -0.39 is 0 Å². The number of nitrogens with zero attached hydrogens (tertiary/aromatic N) is 1. The highest BCUT2D eigenvalue weighted by molar-refractivity contribution is 8.27. The molecule has 0 amide bonds. The van der Waals surface area contributed by atoms with Gasteiger partial charge in [-0.05, 0) is 30.3 Å². The predicted octanol–water partition coefficient (Wildman–Crippen LogP) is 2.72. The lowest BCUT2D eigenvalue weighted by Crippen LogP contribution is -1.87. The van der Waals surface area contributed by atoms with Gasteiger partial charge in [-0.25, -0.2) is 4.99 Å². The first-order valence-electron chi connectivity index (χ1n) is 4.30. The second kappa shape index (κ2) is 3.80. The number of thioether (sulfide) groups is 1. The summed E-state index contributed by atoms with van der Waals surface area (Å²) in [6.07, 6.45) is 1.81. The fourth-order valence-corrected chi connectivity index (χ4v) is 1.84. The fourth-order valence-electron chi connectivity index (χ4n) is 1.22. The van der Waals surface area contributed by atoms with Crippen LogP contribution in [-0.2, 0) is 4.79 Å². The number of carbonyl (C=O) groups is 1. The van der Waals surface area contributed by atoms with Gasteiger partial charge in [0.1, 0.15) is 5.70 Å². The quantitative estimate of drug-likeness (QED) is 0.657. The Kier molecular flexibility index (Phi) is 2.50. The van der Waals surface area contributed by atoms with Gasteiger partial charge in [0.2, 0.25) is 5.12 Å². The van der Waals surface area contributed by atoms with E-state index in [0.717, 1.165) is 10.6 Å². The molecule has 0 spiro atoms. The van der Waals surface area contributed by atoms with Crippen LogP contribution in [0, 0.1) is 0 Å². The molecular formula is C11H9NOS. The van der Waals surface area contributed by atoms with Crippen molar-refractivity contribution in [2.24, 2.45) is 4.99 Å². The van der Waals surface area contributed by atoms with Crippen LogP contribution in [0.15, 0.2) is 41.0 Å². The number of carbonyl (C=O) groups excluding carboxylic acids is 1. The summed E-state index contributed by atoms with van der Waals surface area (Å²) in [6, 6.07) is 9.73. The van der Waals surface area contributed by atoms with Crippen molar-refractivity contribution >= 4 is 28.0 Å². The van der Waals surface area contributed by atoms with E-state index in [0.29, 0.717) is 5.70 Å². The summed E-state index contributed by atoms with van der Waals surface area (Å²) in [4.78, 5) is 15.5. The minimum atomic E-state index is 0.0337. The Morgan fingerprint density at radius 2 is 2.00 bits per heavy atom. The molecule has 1 heterocycles. The third-order valence-electron chi connectivity index (χ3n) is 1.83. The maximum atomic E-state index is 11.4. The van der Waals surface area contributed by atoms with Gasteiger partial charge in [-0.1, -0.05) is 30.3 Å². The Hall–Kier alpha value is -1.35. The Bertz CT molecular complexity index is 420. The molecule has 0 aliphatic carbocycles. The van der Waals surface area contributed by atoms with E-state index >= 15 is 0 Å².